The summed E-state index contributed by atoms with van der Waals surface area (Å²) in [5.74, 6) is -0.744. The Labute approximate surface area is 82.7 Å². The molecule has 1 fully saturated rings. The molecule has 1 aliphatic rings. The molecule has 1 unspecified atom stereocenters. The van der Waals surface area contributed by atoms with Gasteiger partial charge in [-0.25, -0.2) is 0 Å². The third-order valence-corrected chi connectivity index (χ3v) is 2.33. The molecule has 2 amide bonds. The van der Waals surface area contributed by atoms with Crippen LogP contribution in [0.15, 0.2) is 0 Å². The van der Waals surface area contributed by atoms with Crippen LogP contribution in [0.3, 0.4) is 0 Å². The monoisotopic (exact) mass is 195 g/mol. The molecule has 5 heteroatoms. The van der Waals surface area contributed by atoms with Gasteiger partial charge in [0.25, 0.3) is 0 Å². The molecule has 14 heavy (non-hydrogen) atoms. The molecule has 0 bridgehead atoms. The predicted molar refractivity (Wildman–Crippen MR) is 48.7 cm³/mol. The van der Waals surface area contributed by atoms with Crippen LogP contribution in [0.2, 0.25) is 0 Å². The van der Waals surface area contributed by atoms with E-state index in [1.54, 1.807) is 11.1 Å². The van der Waals surface area contributed by atoms with E-state index in [4.69, 9.17) is 5.26 Å². The Kier molecular flexibility index (Phi) is 3.07. The highest BCUT2D eigenvalue weighted by atomic mass is 16.2. The lowest BCUT2D eigenvalue weighted by Gasteiger charge is -2.20. The minimum Gasteiger partial charge on any atom is -0.339 e. The van der Waals surface area contributed by atoms with Crippen molar-refractivity contribution in [2.45, 2.75) is 26.3 Å². The summed E-state index contributed by atoms with van der Waals surface area (Å²) in [5.41, 5.74) is 0. The summed E-state index contributed by atoms with van der Waals surface area (Å²) in [6.07, 6.45) is 1.79. The smallest absolute Gasteiger partial charge is 0.238 e. The minimum atomic E-state index is -0.371. The first kappa shape index (κ1) is 10.5. The van der Waals surface area contributed by atoms with Crippen LogP contribution in [0.5, 0.6) is 0 Å². The highest BCUT2D eigenvalue weighted by Gasteiger charge is 2.35. The van der Waals surface area contributed by atoms with Gasteiger partial charge >= 0.3 is 0 Å². The van der Waals surface area contributed by atoms with Crippen molar-refractivity contribution in [3.05, 3.63) is 0 Å². The predicted octanol–water partition coefficient (Wildman–Crippen LogP) is -0.159. The van der Waals surface area contributed by atoms with Crippen LogP contribution in [-0.4, -0.2) is 29.3 Å². The van der Waals surface area contributed by atoms with Crippen molar-refractivity contribution in [3.8, 4) is 6.19 Å². The van der Waals surface area contributed by atoms with Gasteiger partial charge in [0.1, 0.15) is 0 Å². The van der Waals surface area contributed by atoms with Crippen LogP contribution in [0, 0.1) is 17.4 Å². The molecule has 1 rings (SSSR count). The summed E-state index contributed by atoms with van der Waals surface area (Å²) in [6.45, 7) is 4.23. The molecule has 0 saturated carbocycles. The zero-order valence-corrected chi connectivity index (χ0v) is 8.28. The van der Waals surface area contributed by atoms with E-state index < -0.39 is 0 Å². The molecule has 1 atom stereocenters. The summed E-state index contributed by atoms with van der Waals surface area (Å²) in [5, 5.41) is 10.3. The average molecular weight is 195 g/mol. The molecular weight excluding hydrogens is 182 g/mol. The van der Waals surface area contributed by atoms with Crippen LogP contribution in [0.1, 0.15) is 20.3 Å². The molecule has 1 heterocycles. The maximum absolute atomic E-state index is 11.4. The zero-order chi connectivity index (χ0) is 10.7. The first-order valence-corrected chi connectivity index (χ1v) is 4.54. The van der Waals surface area contributed by atoms with Crippen molar-refractivity contribution in [2.24, 2.45) is 5.92 Å². The van der Waals surface area contributed by atoms with Gasteiger partial charge in [-0.05, 0) is 13.8 Å². The maximum atomic E-state index is 11.4. The fourth-order valence-electron chi connectivity index (χ4n) is 1.56. The number of hydrogen-bond acceptors (Lipinski definition) is 3. The molecule has 0 aliphatic carbocycles. The Hall–Kier alpha value is -1.57. The van der Waals surface area contributed by atoms with E-state index in [1.807, 2.05) is 13.8 Å². The summed E-state index contributed by atoms with van der Waals surface area (Å²) >= 11 is 0. The molecule has 5 nitrogen and oxygen atoms in total. The van der Waals surface area contributed by atoms with Crippen molar-refractivity contribution < 1.29 is 9.59 Å². The fraction of sp³-hybridized carbons (Fsp3) is 0.667. The fourth-order valence-corrected chi connectivity index (χ4v) is 1.56. The van der Waals surface area contributed by atoms with Crippen LogP contribution >= 0.6 is 0 Å². The molecular formula is C9H13N3O2. The maximum Gasteiger partial charge on any atom is 0.238 e. The van der Waals surface area contributed by atoms with Crippen molar-refractivity contribution in [2.75, 3.05) is 6.54 Å². The normalized spacial score (nSPS) is 21.1. The zero-order valence-electron chi connectivity index (χ0n) is 8.28. The number of rotatable bonds is 2. The van der Waals surface area contributed by atoms with Gasteiger partial charge in [-0.2, -0.15) is 5.26 Å². The molecule has 0 aromatic heterocycles. The van der Waals surface area contributed by atoms with Crippen molar-refractivity contribution in [3.63, 3.8) is 0 Å². The number of nitrogens with zero attached hydrogens (tertiary/aromatic N) is 2. The van der Waals surface area contributed by atoms with E-state index in [0.29, 0.717) is 6.54 Å². The number of carbonyl (C=O) groups excluding carboxylic acids is 2. The molecule has 0 radical (unpaired) electrons. The van der Waals surface area contributed by atoms with Crippen molar-refractivity contribution in [1.82, 2.24) is 10.2 Å². The number of hydrogen-bond donors (Lipinski definition) is 1. The highest BCUT2D eigenvalue weighted by molar-refractivity contribution is 5.89. The van der Waals surface area contributed by atoms with Crippen molar-refractivity contribution >= 4 is 11.8 Å². The lowest BCUT2D eigenvalue weighted by molar-refractivity contribution is -0.129. The number of nitrogens with one attached hydrogen (secondary N) is 1. The lowest BCUT2D eigenvalue weighted by atomic mass is 10.1. The SMILES string of the molecule is CC(C)N1CC(C(=O)NC#N)CC1=O. The van der Waals surface area contributed by atoms with E-state index in [0.717, 1.165) is 0 Å². The summed E-state index contributed by atoms with van der Waals surface area (Å²) in [6, 6.07) is 0.113. The van der Waals surface area contributed by atoms with Gasteiger partial charge in [-0.1, -0.05) is 0 Å². The first-order valence-electron chi connectivity index (χ1n) is 4.54. The summed E-state index contributed by atoms with van der Waals surface area (Å²) in [4.78, 5) is 24.3. The average Bonchev–Trinajstić information content (AvgIpc) is 2.48. The van der Waals surface area contributed by atoms with E-state index in [1.165, 1.54) is 0 Å². The van der Waals surface area contributed by atoms with Gasteiger partial charge in [0.15, 0.2) is 6.19 Å². The molecule has 0 spiro atoms. The number of amides is 2. The van der Waals surface area contributed by atoms with Crippen molar-refractivity contribution in [1.29, 1.82) is 5.26 Å². The topological polar surface area (TPSA) is 73.2 Å². The quantitative estimate of drug-likeness (QED) is 0.491. The van der Waals surface area contributed by atoms with Gasteiger partial charge < -0.3 is 4.90 Å². The second-order valence-electron chi connectivity index (χ2n) is 3.64. The van der Waals surface area contributed by atoms with E-state index in [9.17, 15) is 9.59 Å². The highest BCUT2D eigenvalue weighted by Crippen LogP contribution is 2.19. The molecule has 0 aromatic rings. The molecule has 76 valence electrons. The molecule has 1 saturated heterocycles. The standard InChI is InChI=1S/C9H13N3O2/c1-6(2)12-4-7(3-8(12)13)9(14)11-5-10/h6-7H,3-4H2,1-2H3,(H,11,14). The van der Waals surface area contributed by atoms with Gasteiger partial charge in [0, 0.05) is 19.0 Å². The Balaban J connectivity index is 2.59. The third-order valence-electron chi connectivity index (χ3n) is 2.33. The second kappa shape index (κ2) is 4.09. The van der Waals surface area contributed by atoms with E-state index in [-0.39, 0.29) is 30.2 Å². The molecule has 1 aliphatic heterocycles. The largest absolute Gasteiger partial charge is 0.339 e. The second-order valence-corrected chi connectivity index (χ2v) is 3.64. The van der Waals surface area contributed by atoms with E-state index in [2.05, 4.69) is 5.32 Å². The Bertz CT molecular complexity index is 293. The Morgan fingerprint density at radius 2 is 2.36 bits per heavy atom. The van der Waals surface area contributed by atoms with Gasteiger partial charge in [0.05, 0.1) is 5.92 Å². The first-order chi connectivity index (χ1) is 6.56. The molecule has 0 aromatic carbocycles. The number of carbonyl (C=O) groups is 2. The minimum absolute atomic E-state index is 0.0157. The molecule has 1 N–H and O–H groups in total. The Morgan fingerprint density at radius 1 is 1.71 bits per heavy atom. The third kappa shape index (κ3) is 2.02. The number of nitriles is 1. The summed E-state index contributed by atoms with van der Waals surface area (Å²) in [7, 11) is 0. The van der Waals surface area contributed by atoms with Crippen LogP contribution < -0.4 is 5.32 Å². The Morgan fingerprint density at radius 3 is 2.79 bits per heavy atom. The van der Waals surface area contributed by atoms with Gasteiger partial charge in [0.2, 0.25) is 11.8 Å². The van der Waals surface area contributed by atoms with Crippen LogP contribution in [0.25, 0.3) is 0 Å². The van der Waals surface area contributed by atoms with Crippen LogP contribution in [-0.2, 0) is 9.59 Å². The van der Waals surface area contributed by atoms with Gasteiger partial charge in [-0.3, -0.25) is 14.9 Å². The summed E-state index contributed by atoms with van der Waals surface area (Å²) < 4.78 is 0. The van der Waals surface area contributed by atoms with Gasteiger partial charge in [-0.15, -0.1) is 0 Å². The van der Waals surface area contributed by atoms with Crippen LogP contribution in [0.4, 0.5) is 0 Å². The van der Waals surface area contributed by atoms with E-state index >= 15 is 0 Å². The lowest BCUT2D eigenvalue weighted by Crippen LogP contribution is -2.34. The number of likely N-dealkylation sites (tertiary alicyclic amines) is 1.